The molecule has 0 N–H and O–H groups in total. The van der Waals surface area contributed by atoms with Gasteiger partial charge in [-0.2, -0.15) is 17.6 Å². The van der Waals surface area contributed by atoms with Crippen molar-refractivity contribution in [2.75, 3.05) is 32.4 Å². The van der Waals surface area contributed by atoms with Gasteiger partial charge >= 0.3 is 25.4 Å². The van der Waals surface area contributed by atoms with E-state index in [0.717, 1.165) is 36.0 Å². The third-order valence-corrected chi connectivity index (χ3v) is 10.4. The molecule has 0 saturated carbocycles. The van der Waals surface area contributed by atoms with E-state index in [1.54, 1.807) is 13.8 Å². The first-order valence-electron chi connectivity index (χ1n) is 14.2. The number of esters is 1. The number of hydrogen-bond donors (Lipinski definition) is 0. The maximum atomic E-state index is 15.9. The number of rotatable bonds is 14. The van der Waals surface area contributed by atoms with Crippen molar-refractivity contribution in [2.45, 2.75) is 38.5 Å². The summed E-state index contributed by atoms with van der Waals surface area (Å²) < 4.78 is 143. The van der Waals surface area contributed by atoms with E-state index in [9.17, 15) is 40.9 Å². The van der Waals surface area contributed by atoms with Crippen LogP contribution in [0.3, 0.4) is 0 Å². The van der Waals surface area contributed by atoms with Gasteiger partial charge in [-0.05, 0) is 29.5 Å². The van der Waals surface area contributed by atoms with Gasteiger partial charge in [-0.1, -0.05) is 31.7 Å². The molecule has 0 bridgehead atoms. The third kappa shape index (κ3) is 9.12. The van der Waals surface area contributed by atoms with Crippen LogP contribution in [0.15, 0.2) is 24.3 Å². The highest BCUT2D eigenvalue weighted by atomic mass is 32.2. The van der Waals surface area contributed by atoms with E-state index >= 15 is 8.78 Å². The number of ether oxygens (including phenoxy) is 4. The topological polar surface area (TPSA) is 124 Å². The number of hydrogen-bond acceptors (Lipinski definition) is 12. The van der Waals surface area contributed by atoms with Crippen LogP contribution in [0.4, 0.5) is 35.5 Å². The molecule has 268 valence electrons. The molecule has 0 spiro atoms. The van der Waals surface area contributed by atoms with Gasteiger partial charge in [0.15, 0.2) is 5.12 Å². The smallest absolute Gasteiger partial charge is 0.428 e. The molecule has 0 amide bonds. The number of thiophene rings is 1. The molecule has 0 aliphatic carbocycles. The number of thioether (sulfide) groups is 1. The zero-order chi connectivity index (χ0) is 36.1. The molecular weight excluding hydrogens is 736 g/mol. The molecule has 3 aromatic rings. The summed E-state index contributed by atoms with van der Waals surface area (Å²) in [6.45, 7) is 2.07. The highest BCUT2D eigenvalue weighted by Crippen LogP contribution is 2.67. The zero-order valence-corrected chi connectivity index (χ0v) is 27.9. The largest absolute Gasteiger partial charge is 0.510 e. The van der Waals surface area contributed by atoms with E-state index in [4.69, 9.17) is 18.5 Å². The van der Waals surface area contributed by atoms with Gasteiger partial charge in [0, 0.05) is 28.9 Å². The van der Waals surface area contributed by atoms with Gasteiger partial charge in [0.1, 0.15) is 11.0 Å². The molecule has 1 unspecified atom stereocenters. The van der Waals surface area contributed by atoms with Crippen LogP contribution in [0.5, 0.6) is 5.75 Å². The van der Waals surface area contributed by atoms with Crippen LogP contribution in [0, 0.1) is 35.0 Å². The fraction of sp³-hybridized carbons (Fsp3) is 0.414. The van der Waals surface area contributed by atoms with E-state index in [1.807, 2.05) is 0 Å². The summed E-state index contributed by atoms with van der Waals surface area (Å²) in [5.74, 6) is -15.6. The van der Waals surface area contributed by atoms with Crippen molar-refractivity contribution in [2.24, 2.45) is 5.92 Å². The Hall–Kier alpha value is -3.22. The summed E-state index contributed by atoms with van der Waals surface area (Å²) in [5.41, 5.74) is -5.42. The highest BCUT2D eigenvalue weighted by Gasteiger charge is 2.55. The van der Waals surface area contributed by atoms with Crippen molar-refractivity contribution >= 4 is 58.0 Å². The third-order valence-electron chi connectivity index (χ3n) is 6.51. The lowest BCUT2D eigenvalue weighted by Gasteiger charge is -2.26. The van der Waals surface area contributed by atoms with Gasteiger partial charge in [0.2, 0.25) is 41.6 Å². The molecular formula is C29H26F7O10PS2. The second kappa shape index (κ2) is 16.2. The minimum Gasteiger partial charge on any atom is -0.428 e. The van der Waals surface area contributed by atoms with Gasteiger partial charge < -0.3 is 23.5 Å². The van der Waals surface area contributed by atoms with Crippen LogP contribution in [0.25, 0.3) is 10.1 Å². The molecule has 4 rings (SSSR count). The molecule has 2 aromatic carbocycles. The Balaban J connectivity index is 1.54. The van der Waals surface area contributed by atoms with Crippen LogP contribution in [-0.2, 0) is 38.3 Å². The minimum absolute atomic E-state index is 0.0259. The van der Waals surface area contributed by atoms with E-state index in [0.29, 0.717) is 24.4 Å². The molecule has 2 heterocycles. The fourth-order valence-corrected chi connectivity index (χ4v) is 7.40. The van der Waals surface area contributed by atoms with Crippen molar-refractivity contribution in [3.05, 3.63) is 63.8 Å². The molecule has 1 saturated heterocycles. The highest BCUT2D eigenvalue weighted by molar-refractivity contribution is 8.13. The van der Waals surface area contributed by atoms with Crippen LogP contribution in [0.1, 0.15) is 41.9 Å². The molecule has 0 radical (unpaired) electrons. The first-order valence-corrected chi connectivity index (χ1v) is 17.5. The van der Waals surface area contributed by atoms with Gasteiger partial charge in [-0.15, -0.1) is 11.3 Å². The Morgan fingerprint density at radius 3 is 2.33 bits per heavy atom. The van der Waals surface area contributed by atoms with Crippen LogP contribution in [0.2, 0.25) is 0 Å². The lowest BCUT2D eigenvalue weighted by molar-refractivity contribution is -0.111. The van der Waals surface area contributed by atoms with Crippen LogP contribution < -0.4 is 4.74 Å². The molecule has 20 heteroatoms. The average molecular weight is 763 g/mol. The molecule has 2 atom stereocenters. The summed E-state index contributed by atoms with van der Waals surface area (Å²) in [4.78, 5) is 36.0. The Labute approximate surface area is 281 Å². The Morgan fingerprint density at radius 2 is 1.69 bits per heavy atom. The molecule has 1 aliphatic heterocycles. The van der Waals surface area contributed by atoms with E-state index < -0.39 is 90.2 Å². The van der Waals surface area contributed by atoms with Gasteiger partial charge in [0.05, 0.1) is 19.8 Å². The van der Waals surface area contributed by atoms with Crippen molar-refractivity contribution in [1.29, 1.82) is 0 Å². The van der Waals surface area contributed by atoms with Gasteiger partial charge in [0.25, 0.3) is 0 Å². The molecule has 1 aliphatic rings. The number of benzene rings is 2. The summed E-state index contributed by atoms with van der Waals surface area (Å²) in [6, 6.07) is 3.55. The number of alkyl halides is 2. The summed E-state index contributed by atoms with van der Waals surface area (Å²) in [5, 5.41) is -0.382. The van der Waals surface area contributed by atoms with Crippen molar-refractivity contribution in [1.82, 2.24) is 0 Å². The number of carbonyl (C=O) groups excluding carboxylic acids is 3. The lowest BCUT2D eigenvalue weighted by atomic mass is 10.1. The number of carbonyl (C=O) groups is 3. The predicted molar refractivity (Wildman–Crippen MR) is 160 cm³/mol. The van der Waals surface area contributed by atoms with Gasteiger partial charge in [-0.3, -0.25) is 13.9 Å². The first kappa shape index (κ1) is 38.6. The minimum atomic E-state index is -5.57. The lowest BCUT2D eigenvalue weighted by Crippen LogP contribution is -2.22. The van der Waals surface area contributed by atoms with Crippen molar-refractivity contribution in [3.63, 3.8) is 0 Å². The summed E-state index contributed by atoms with van der Waals surface area (Å²) in [6.07, 6.45) is -1.41. The first-order chi connectivity index (χ1) is 23.0. The van der Waals surface area contributed by atoms with Crippen LogP contribution >= 0.6 is 30.7 Å². The zero-order valence-electron chi connectivity index (χ0n) is 25.4. The second-order valence-corrected chi connectivity index (χ2v) is 14.9. The Kier molecular flexibility index (Phi) is 12.8. The van der Waals surface area contributed by atoms with E-state index in [-0.39, 0.29) is 39.9 Å². The standard InChI is InChI=1S/C29H26F7O10PS2/c1-14(2)9-20(37)48-8-7-43-47(40,44-13-42-28(39)45-17-5-6-41-12-17)29(35,36)16-3-4-18-15(10-16)11-19(49-18)27(38)46-26-24(33)22(31)21(30)23(32)25(26)34/h3-4,10-11,14,17H,5-9,12-13H2,1-2H3/t17-,47?/m1/s1. The SMILES string of the molecule is CC(C)CC(=O)SCCOP(=O)(OCOC(=O)O[C@@H]1CCOC1)C(F)(F)c1ccc2sc(C(=O)Oc3c(F)c(F)c(F)c(F)c3F)cc2c1. The molecule has 1 fully saturated rings. The Bertz CT molecular complexity index is 1740. The van der Waals surface area contributed by atoms with Crippen molar-refractivity contribution in [3.8, 4) is 5.75 Å². The van der Waals surface area contributed by atoms with Gasteiger partial charge in [-0.25, -0.2) is 22.8 Å². The number of halogens is 7. The predicted octanol–water partition coefficient (Wildman–Crippen LogP) is 8.30. The normalized spacial score (nSPS) is 16.2. The second-order valence-electron chi connectivity index (χ2n) is 10.6. The van der Waals surface area contributed by atoms with Crippen molar-refractivity contribution < 1.29 is 77.7 Å². The maximum Gasteiger partial charge on any atom is 0.510 e. The van der Waals surface area contributed by atoms with Crippen LogP contribution in [-0.4, -0.2) is 55.7 Å². The quantitative estimate of drug-likeness (QED) is 0.0230. The van der Waals surface area contributed by atoms with E-state index in [2.05, 4.69) is 9.47 Å². The number of fused-ring (bicyclic) bond motifs is 1. The molecule has 10 nitrogen and oxygen atoms in total. The fourth-order valence-electron chi connectivity index (χ4n) is 4.13. The Morgan fingerprint density at radius 1 is 1.02 bits per heavy atom. The molecule has 49 heavy (non-hydrogen) atoms. The summed E-state index contributed by atoms with van der Waals surface area (Å²) in [7, 11) is -5.57. The summed E-state index contributed by atoms with van der Waals surface area (Å²) >= 11 is 1.31. The molecule has 1 aromatic heterocycles. The monoisotopic (exact) mass is 762 g/mol. The maximum absolute atomic E-state index is 15.9. The average Bonchev–Trinajstić information content (AvgIpc) is 3.72. The van der Waals surface area contributed by atoms with E-state index in [1.165, 1.54) is 0 Å².